The summed E-state index contributed by atoms with van der Waals surface area (Å²) in [5, 5.41) is 11.4. The van der Waals surface area contributed by atoms with Gasteiger partial charge in [0, 0.05) is 16.9 Å². The molecule has 4 nitrogen and oxygen atoms in total. The second-order valence-corrected chi connectivity index (χ2v) is 5.93. The van der Waals surface area contributed by atoms with Crippen LogP contribution in [0.5, 0.6) is 0 Å². The molecule has 1 saturated carbocycles. The molecule has 3 N–H and O–H groups in total. The predicted octanol–water partition coefficient (Wildman–Crippen LogP) is 2.81. The van der Waals surface area contributed by atoms with Crippen molar-refractivity contribution in [1.82, 2.24) is 4.98 Å². The number of carbonyl (C=O) groups is 1. The number of nitrogens with two attached hydrogens (primary N) is 1. The molecule has 5 heteroatoms. The van der Waals surface area contributed by atoms with Gasteiger partial charge in [0.2, 0.25) is 0 Å². The van der Waals surface area contributed by atoms with Crippen molar-refractivity contribution in [3.63, 3.8) is 0 Å². The van der Waals surface area contributed by atoms with Crippen molar-refractivity contribution in [1.29, 1.82) is 0 Å². The summed E-state index contributed by atoms with van der Waals surface area (Å²) < 4.78 is 0. The van der Waals surface area contributed by atoms with Crippen LogP contribution in [0.2, 0.25) is 0 Å². The summed E-state index contributed by atoms with van der Waals surface area (Å²) in [6.45, 7) is 2.16. The highest BCUT2D eigenvalue weighted by molar-refractivity contribution is 7.13. The van der Waals surface area contributed by atoms with Crippen molar-refractivity contribution in [2.45, 2.75) is 38.0 Å². The topological polar surface area (TPSA) is 76.2 Å². The highest BCUT2D eigenvalue weighted by Gasteiger charge is 2.38. The van der Waals surface area contributed by atoms with E-state index in [0.29, 0.717) is 5.13 Å². The molecule has 0 spiro atoms. The maximum absolute atomic E-state index is 10.7. The number of nitrogens with zero attached hydrogens (tertiary/aromatic N) is 1. The second-order valence-electron chi connectivity index (χ2n) is 5.04. The number of rotatable bonds is 3. The first-order valence-electron chi connectivity index (χ1n) is 6.15. The van der Waals surface area contributed by atoms with E-state index >= 15 is 0 Å². The molecule has 0 aromatic carbocycles. The molecule has 98 valence electrons. The third-order valence-corrected chi connectivity index (χ3v) is 4.53. The van der Waals surface area contributed by atoms with E-state index in [2.05, 4.69) is 11.9 Å². The highest BCUT2D eigenvalue weighted by Crippen LogP contribution is 2.44. The minimum Gasteiger partial charge on any atom is -0.478 e. The van der Waals surface area contributed by atoms with Crippen LogP contribution >= 0.6 is 11.3 Å². The van der Waals surface area contributed by atoms with Gasteiger partial charge in [-0.15, -0.1) is 11.3 Å². The fourth-order valence-corrected chi connectivity index (χ4v) is 3.44. The van der Waals surface area contributed by atoms with E-state index in [1.54, 1.807) is 0 Å². The average Bonchev–Trinajstić information content (AvgIpc) is 2.75. The molecule has 1 aromatic rings. The second kappa shape index (κ2) is 5.10. The monoisotopic (exact) mass is 266 g/mol. The van der Waals surface area contributed by atoms with E-state index in [1.807, 2.05) is 11.5 Å². The fourth-order valence-electron chi connectivity index (χ4n) is 2.74. The normalized spacial score (nSPS) is 28.6. The molecule has 0 bridgehead atoms. The van der Waals surface area contributed by atoms with Crippen molar-refractivity contribution < 1.29 is 9.90 Å². The molecule has 2 unspecified atom stereocenters. The van der Waals surface area contributed by atoms with Crippen LogP contribution in [0.4, 0.5) is 5.13 Å². The van der Waals surface area contributed by atoms with E-state index in [1.165, 1.54) is 17.4 Å². The smallest absolute Gasteiger partial charge is 0.327 e. The maximum atomic E-state index is 10.7. The third kappa shape index (κ3) is 2.56. The number of hydrogen-bond acceptors (Lipinski definition) is 4. The summed E-state index contributed by atoms with van der Waals surface area (Å²) in [7, 11) is 0. The Bertz CT molecular complexity index is 469. The van der Waals surface area contributed by atoms with Gasteiger partial charge in [-0.25, -0.2) is 9.78 Å². The Balaban J connectivity index is 2.28. The number of aromatic nitrogens is 1. The predicted molar refractivity (Wildman–Crippen MR) is 72.6 cm³/mol. The highest BCUT2D eigenvalue weighted by atomic mass is 32.1. The van der Waals surface area contributed by atoms with Gasteiger partial charge in [-0.05, 0) is 18.8 Å². The van der Waals surface area contributed by atoms with Crippen LogP contribution in [0.15, 0.2) is 17.5 Å². The van der Waals surface area contributed by atoms with Crippen LogP contribution in [0, 0.1) is 5.92 Å². The van der Waals surface area contributed by atoms with E-state index in [4.69, 9.17) is 10.8 Å². The van der Waals surface area contributed by atoms with Gasteiger partial charge in [0.15, 0.2) is 5.13 Å². The first kappa shape index (κ1) is 13.1. The summed E-state index contributed by atoms with van der Waals surface area (Å²) in [6.07, 6.45) is 7.42. The van der Waals surface area contributed by atoms with E-state index in [9.17, 15) is 4.79 Å². The summed E-state index contributed by atoms with van der Waals surface area (Å²) in [4.78, 5) is 15.1. The maximum Gasteiger partial charge on any atom is 0.327 e. The van der Waals surface area contributed by atoms with Crippen LogP contribution in [0.1, 0.15) is 38.3 Å². The van der Waals surface area contributed by atoms with Crippen molar-refractivity contribution >= 4 is 22.4 Å². The molecule has 1 heterocycles. The minimum atomic E-state index is -0.888. The van der Waals surface area contributed by atoms with Crippen molar-refractivity contribution in [2.75, 3.05) is 5.73 Å². The summed E-state index contributed by atoms with van der Waals surface area (Å²) >= 11 is 1.45. The molecule has 0 amide bonds. The number of allylic oxidation sites excluding steroid dienone is 1. The Labute approximate surface area is 111 Å². The summed E-state index contributed by atoms with van der Waals surface area (Å²) in [5.41, 5.74) is 6.63. The summed E-state index contributed by atoms with van der Waals surface area (Å²) in [5.74, 6) is -0.662. The molecule has 1 fully saturated rings. The Hall–Kier alpha value is -1.36. The molecule has 2 rings (SSSR count). The van der Waals surface area contributed by atoms with Gasteiger partial charge in [-0.1, -0.05) is 25.8 Å². The number of aliphatic carboxylic acids is 1. The molecule has 18 heavy (non-hydrogen) atoms. The van der Waals surface area contributed by atoms with E-state index in [0.717, 1.165) is 31.4 Å². The van der Waals surface area contributed by atoms with Crippen molar-refractivity contribution in [2.24, 2.45) is 5.92 Å². The number of anilines is 1. The van der Waals surface area contributed by atoms with Gasteiger partial charge in [0.05, 0.1) is 5.69 Å². The SMILES string of the molecule is CC1(c2csc(N)n2)CCCCC1C=CC(=O)O. The lowest BCUT2D eigenvalue weighted by Crippen LogP contribution is -2.34. The van der Waals surface area contributed by atoms with Gasteiger partial charge in [-0.2, -0.15) is 0 Å². The Kier molecular flexibility index (Phi) is 3.71. The van der Waals surface area contributed by atoms with Crippen LogP contribution < -0.4 is 5.73 Å². The van der Waals surface area contributed by atoms with Crippen LogP contribution in [-0.4, -0.2) is 16.1 Å². The quantitative estimate of drug-likeness (QED) is 0.825. The summed E-state index contributed by atoms with van der Waals surface area (Å²) in [6, 6.07) is 0. The molecule has 1 aliphatic carbocycles. The lowest BCUT2D eigenvalue weighted by molar-refractivity contribution is -0.131. The largest absolute Gasteiger partial charge is 0.478 e. The first-order chi connectivity index (χ1) is 8.52. The number of hydrogen-bond donors (Lipinski definition) is 2. The lowest BCUT2D eigenvalue weighted by Gasteiger charge is -2.39. The van der Waals surface area contributed by atoms with Crippen molar-refractivity contribution in [3.8, 4) is 0 Å². The van der Waals surface area contributed by atoms with E-state index < -0.39 is 5.97 Å². The standard InChI is InChI=1S/C13H18N2O2S/c1-13(10-8-18-12(14)15-10)7-3-2-4-9(13)5-6-11(16)17/h5-6,8-9H,2-4,7H2,1H3,(H2,14,15)(H,16,17). The fraction of sp³-hybridized carbons (Fsp3) is 0.538. The number of nitrogen functional groups attached to an aromatic ring is 1. The molecule has 0 radical (unpaired) electrons. The van der Waals surface area contributed by atoms with Gasteiger partial charge in [0.25, 0.3) is 0 Å². The van der Waals surface area contributed by atoms with Gasteiger partial charge >= 0.3 is 5.97 Å². The minimum absolute atomic E-state index is 0.0850. The van der Waals surface area contributed by atoms with Gasteiger partial charge in [0.1, 0.15) is 0 Å². The molecule has 1 aliphatic rings. The lowest BCUT2D eigenvalue weighted by atomic mass is 9.66. The van der Waals surface area contributed by atoms with Gasteiger partial charge in [-0.3, -0.25) is 0 Å². The molecule has 0 saturated heterocycles. The zero-order chi connectivity index (χ0) is 13.2. The molecular formula is C13H18N2O2S. The van der Waals surface area contributed by atoms with E-state index in [-0.39, 0.29) is 11.3 Å². The third-order valence-electron chi connectivity index (χ3n) is 3.86. The molecule has 0 aliphatic heterocycles. The number of thiazole rings is 1. The van der Waals surface area contributed by atoms with Crippen LogP contribution in [-0.2, 0) is 10.2 Å². The Morgan fingerprint density at radius 3 is 3.06 bits per heavy atom. The zero-order valence-corrected chi connectivity index (χ0v) is 11.2. The van der Waals surface area contributed by atoms with Crippen LogP contribution in [0.25, 0.3) is 0 Å². The Morgan fingerprint density at radius 2 is 2.44 bits per heavy atom. The van der Waals surface area contributed by atoms with Crippen molar-refractivity contribution in [3.05, 3.63) is 23.2 Å². The zero-order valence-electron chi connectivity index (χ0n) is 10.4. The molecule has 2 atom stereocenters. The average molecular weight is 266 g/mol. The number of carboxylic acids is 1. The van der Waals surface area contributed by atoms with Gasteiger partial charge < -0.3 is 10.8 Å². The van der Waals surface area contributed by atoms with Crippen LogP contribution in [0.3, 0.4) is 0 Å². The molecular weight excluding hydrogens is 248 g/mol. The number of carboxylic acid groups (broad SMARTS) is 1. The Morgan fingerprint density at radius 1 is 1.67 bits per heavy atom. The first-order valence-corrected chi connectivity index (χ1v) is 7.03. The molecule has 1 aromatic heterocycles.